The van der Waals surface area contributed by atoms with Crippen LogP contribution in [0.25, 0.3) is 0 Å². The Morgan fingerprint density at radius 1 is 1.37 bits per heavy atom. The summed E-state index contributed by atoms with van der Waals surface area (Å²) in [5, 5.41) is 3.37. The zero-order chi connectivity index (χ0) is 14.3. The fourth-order valence-corrected chi connectivity index (χ4v) is 1.60. The van der Waals surface area contributed by atoms with E-state index in [0.717, 1.165) is 6.42 Å². The second-order valence-corrected chi connectivity index (χ2v) is 4.68. The molecule has 0 atom stereocenters. The molecule has 0 aliphatic carbocycles. The molecule has 0 radical (unpaired) electrons. The second kappa shape index (κ2) is 8.14. The van der Waals surface area contributed by atoms with E-state index in [1.807, 2.05) is 13.8 Å². The van der Waals surface area contributed by atoms with Gasteiger partial charge in [-0.2, -0.15) is 0 Å². The molecule has 0 spiro atoms. The van der Waals surface area contributed by atoms with E-state index in [2.05, 4.69) is 15.3 Å². The van der Waals surface area contributed by atoms with Gasteiger partial charge < -0.3 is 20.5 Å². The first kappa shape index (κ1) is 15.9. The van der Waals surface area contributed by atoms with Crippen molar-refractivity contribution in [1.82, 2.24) is 9.97 Å². The van der Waals surface area contributed by atoms with Gasteiger partial charge in [0.25, 0.3) is 0 Å². The second-order valence-electron chi connectivity index (χ2n) is 4.33. The van der Waals surface area contributed by atoms with Crippen LogP contribution in [-0.2, 0) is 16.1 Å². The van der Waals surface area contributed by atoms with Gasteiger partial charge >= 0.3 is 0 Å². The number of hydrogen-bond acceptors (Lipinski definition) is 6. The third kappa shape index (κ3) is 5.59. The van der Waals surface area contributed by atoms with Gasteiger partial charge in [0.1, 0.15) is 12.3 Å². The van der Waals surface area contributed by atoms with Gasteiger partial charge in [0.15, 0.2) is 16.8 Å². The van der Waals surface area contributed by atoms with Crippen LogP contribution < -0.4 is 11.1 Å². The summed E-state index contributed by atoms with van der Waals surface area (Å²) < 4.78 is 10.4. The Morgan fingerprint density at radius 2 is 2.11 bits per heavy atom. The Morgan fingerprint density at radius 3 is 2.74 bits per heavy atom. The number of ether oxygens (including phenoxy) is 2. The summed E-state index contributed by atoms with van der Waals surface area (Å²) in [6.45, 7) is 5.70. The van der Waals surface area contributed by atoms with Crippen LogP contribution in [0.4, 0.5) is 11.5 Å². The third-order valence-corrected chi connectivity index (χ3v) is 2.57. The number of methoxy groups -OCH3 is 1. The van der Waals surface area contributed by atoms with Crippen molar-refractivity contribution in [1.29, 1.82) is 0 Å². The maximum atomic E-state index is 5.94. The molecule has 1 rings (SSSR count). The summed E-state index contributed by atoms with van der Waals surface area (Å²) >= 11 is 5.94. The highest BCUT2D eigenvalue weighted by molar-refractivity contribution is 6.32. The molecule has 3 N–H and O–H groups in total. The van der Waals surface area contributed by atoms with Gasteiger partial charge in [-0.25, -0.2) is 9.97 Å². The lowest BCUT2D eigenvalue weighted by molar-refractivity contribution is 0.0787. The zero-order valence-electron chi connectivity index (χ0n) is 11.6. The maximum Gasteiger partial charge on any atom is 0.158 e. The Labute approximate surface area is 118 Å². The number of aromatic nitrogens is 2. The topological polar surface area (TPSA) is 82.3 Å². The number of halogens is 1. The average Bonchev–Trinajstić information content (AvgIpc) is 2.34. The molecule has 6 nitrogen and oxygen atoms in total. The van der Waals surface area contributed by atoms with Crippen LogP contribution in [0.2, 0.25) is 5.15 Å². The van der Waals surface area contributed by atoms with E-state index in [1.54, 1.807) is 7.11 Å². The van der Waals surface area contributed by atoms with Crippen molar-refractivity contribution >= 4 is 23.1 Å². The summed E-state index contributed by atoms with van der Waals surface area (Å²) in [5.74, 6) is 1.04. The standard InChI is InChI=1S/C12H21ClN4O2/c1-8(2)19-6-4-5-15-12-10(14)11(13)16-9(17-12)7-18-3/h8H,4-7,14H2,1-3H3,(H,15,16,17). The minimum absolute atomic E-state index is 0.239. The van der Waals surface area contributed by atoms with Gasteiger partial charge in [-0.1, -0.05) is 11.6 Å². The number of rotatable bonds is 8. The van der Waals surface area contributed by atoms with Crippen LogP contribution in [0.5, 0.6) is 0 Å². The fourth-order valence-electron chi connectivity index (χ4n) is 1.41. The molecule has 19 heavy (non-hydrogen) atoms. The molecule has 0 fully saturated rings. The predicted molar refractivity (Wildman–Crippen MR) is 76.4 cm³/mol. The zero-order valence-corrected chi connectivity index (χ0v) is 12.3. The fraction of sp³-hybridized carbons (Fsp3) is 0.667. The lowest BCUT2D eigenvalue weighted by Crippen LogP contribution is -2.13. The molecule has 0 amide bonds. The Bertz CT molecular complexity index is 402. The smallest absolute Gasteiger partial charge is 0.158 e. The van der Waals surface area contributed by atoms with Crippen LogP contribution in [0.1, 0.15) is 26.1 Å². The molecule has 1 heterocycles. The molecule has 0 aliphatic rings. The molecule has 0 aromatic carbocycles. The molecule has 0 saturated carbocycles. The summed E-state index contributed by atoms with van der Waals surface area (Å²) in [6, 6.07) is 0. The highest BCUT2D eigenvalue weighted by Gasteiger charge is 2.09. The van der Waals surface area contributed by atoms with E-state index in [9.17, 15) is 0 Å². The van der Waals surface area contributed by atoms with Crippen LogP contribution in [0, 0.1) is 0 Å². The van der Waals surface area contributed by atoms with E-state index in [4.69, 9.17) is 26.8 Å². The van der Waals surface area contributed by atoms with Crippen molar-refractivity contribution in [3.8, 4) is 0 Å². The van der Waals surface area contributed by atoms with E-state index >= 15 is 0 Å². The quantitative estimate of drug-likeness (QED) is 0.563. The predicted octanol–water partition coefficient (Wildman–Crippen LogP) is 2.09. The van der Waals surface area contributed by atoms with Crippen LogP contribution in [0.3, 0.4) is 0 Å². The van der Waals surface area contributed by atoms with Gasteiger partial charge in [0.05, 0.1) is 6.10 Å². The summed E-state index contributed by atoms with van der Waals surface area (Å²) in [4.78, 5) is 8.29. The minimum Gasteiger partial charge on any atom is -0.393 e. The van der Waals surface area contributed by atoms with Crippen LogP contribution >= 0.6 is 11.6 Å². The van der Waals surface area contributed by atoms with E-state index in [0.29, 0.717) is 37.1 Å². The molecule has 108 valence electrons. The van der Waals surface area contributed by atoms with Crippen molar-refractivity contribution < 1.29 is 9.47 Å². The van der Waals surface area contributed by atoms with E-state index in [1.165, 1.54) is 0 Å². The lowest BCUT2D eigenvalue weighted by atomic mass is 10.4. The van der Waals surface area contributed by atoms with Crippen LogP contribution in [0.15, 0.2) is 0 Å². The molecule has 1 aromatic heterocycles. The van der Waals surface area contributed by atoms with Gasteiger partial charge in [0.2, 0.25) is 0 Å². The number of hydrogen-bond donors (Lipinski definition) is 2. The van der Waals surface area contributed by atoms with Gasteiger partial charge in [0, 0.05) is 20.3 Å². The number of anilines is 2. The van der Waals surface area contributed by atoms with Crippen molar-refractivity contribution in [2.45, 2.75) is 33.0 Å². The molecule has 1 aromatic rings. The van der Waals surface area contributed by atoms with Crippen molar-refractivity contribution in [2.75, 3.05) is 31.3 Å². The Kier molecular flexibility index (Phi) is 6.83. The summed E-state index contributed by atoms with van der Waals surface area (Å²) in [7, 11) is 1.57. The molecule has 0 aliphatic heterocycles. The van der Waals surface area contributed by atoms with E-state index < -0.39 is 0 Å². The average molecular weight is 289 g/mol. The highest BCUT2D eigenvalue weighted by atomic mass is 35.5. The first-order chi connectivity index (χ1) is 9.04. The van der Waals surface area contributed by atoms with Crippen molar-refractivity contribution in [3.63, 3.8) is 0 Å². The Hall–Kier alpha value is -1.11. The summed E-state index contributed by atoms with van der Waals surface area (Å²) in [5.41, 5.74) is 6.17. The van der Waals surface area contributed by atoms with Gasteiger partial charge in [-0.3, -0.25) is 0 Å². The van der Waals surface area contributed by atoms with Gasteiger partial charge in [-0.15, -0.1) is 0 Å². The number of nitrogens with zero attached hydrogens (tertiary/aromatic N) is 2. The van der Waals surface area contributed by atoms with Crippen molar-refractivity contribution in [3.05, 3.63) is 11.0 Å². The van der Waals surface area contributed by atoms with Crippen LogP contribution in [-0.4, -0.2) is 36.3 Å². The number of nitrogens with one attached hydrogen (secondary N) is 1. The normalized spacial score (nSPS) is 11.0. The molecular formula is C12H21ClN4O2. The van der Waals surface area contributed by atoms with E-state index in [-0.39, 0.29) is 11.3 Å². The Balaban J connectivity index is 2.52. The minimum atomic E-state index is 0.239. The number of nitrogen functional groups attached to an aromatic ring is 1. The highest BCUT2D eigenvalue weighted by Crippen LogP contribution is 2.23. The third-order valence-electron chi connectivity index (χ3n) is 2.28. The molecular weight excluding hydrogens is 268 g/mol. The van der Waals surface area contributed by atoms with Gasteiger partial charge in [-0.05, 0) is 20.3 Å². The molecule has 0 unspecified atom stereocenters. The maximum absolute atomic E-state index is 5.94. The largest absolute Gasteiger partial charge is 0.393 e. The molecule has 0 saturated heterocycles. The monoisotopic (exact) mass is 288 g/mol. The summed E-state index contributed by atoms with van der Waals surface area (Å²) in [6.07, 6.45) is 1.10. The molecule has 7 heteroatoms. The molecule has 0 bridgehead atoms. The number of nitrogens with two attached hydrogens (primary N) is 1. The SMILES string of the molecule is COCc1nc(Cl)c(N)c(NCCCOC(C)C)n1. The lowest BCUT2D eigenvalue weighted by Gasteiger charge is -2.11. The van der Waals surface area contributed by atoms with Crippen molar-refractivity contribution in [2.24, 2.45) is 0 Å². The first-order valence-corrected chi connectivity index (χ1v) is 6.58. The first-order valence-electron chi connectivity index (χ1n) is 6.21.